The number of hydrogen-bond donors (Lipinski definition) is 3. The first kappa shape index (κ1) is 24.0. The molecule has 4 N–H and O–H groups in total. The third-order valence-electron chi connectivity index (χ3n) is 6.55. The number of fused-ring (bicyclic) bond motifs is 1. The Labute approximate surface area is 205 Å². The van der Waals surface area contributed by atoms with Crippen LogP contribution in [-0.2, 0) is 6.42 Å². The molecule has 1 aliphatic rings. The number of hydrogen-bond acceptors (Lipinski definition) is 4. The minimum absolute atomic E-state index is 0.327. The predicted octanol–water partition coefficient (Wildman–Crippen LogP) is 6.69. The number of nitrogen functional groups attached to an aromatic ring is 1. The van der Waals surface area contributed by atoms with Crippen LogP contribution >= 0.6 is 0 Å². The molecule has 6 heteroatoms. The van der Waals surface area contributed by atoms with Gasteiger partial charge in [-0.2, -0.15) is 0 Å². The third-order valence-corrected chi connectivity index (χ3v) is 6.55. The molecule has 0 amide bonds. The normalized spacial score (nSPS) is 13.7. The average Bonchev–Trinajstić information content (AvgIpc) is 3.31. The molecule has 4 aromatic rings. The molecule has 3 heterocycles. The number of allylic oxidation sites excluding steroid dienone is 1. The SMILES string of the molecule is C#C.C=C(Nc1cncc(-c2ccc(N)c(Cc3cc4cccnc4[nH]3)c2F)c1)C1CCCCC1. The van der Waals surface area contributed by atoms with E-state index in [0.717, 1.165) is 41.0 Å². The van der Waals surface area contributed by atoms with Crippen LogP contribution in [0.1, 0.15) is 43.4 Å². The van der Waals surface area contributed by atoms with Gasteiger partial charge >= 0.3 is 0 Å². The number of halogens is 1. The van der Waals surface area contributed by atoms with E-state index < -0.39 is 0 Å². The molecule has 1 aromatic carbocycles. The van der Waals surface area contributed by atoms with Crippen molar-refractivity contribution in [2.45, 2.75) is 38.5 Å². The summed E-state index contributed by atoms with van der Waals surface area (Å²) < 4.78 is 15.7. The van der Waals surface area contributed by atoms with Crippen LogP contribution in [0.15, 0.2) is 67.3 Å². The molecule has 178 valence electrons. The summed E-state index contributed by atoms with van der Waals surface area (Å²) in [4.78, 5) is 11.9. The summed E-state index contributed by atoms with van der Waals surface area (Å²) in [6.07, 6.45) is 19.6. The number of rotatable bonds is 6. The van der Waals surface area contributed by atoms with Gasteiger partial charge < -0.3 is 16.0 Å². The molecule has 1 aliphatic carbocycles. The van der Waals surface area contributed by atoms with Gasteiger partial charge in [-0.1, -0.05) is 25.8 Å². The van der Waals surface area contributed by atoms with E-state index in [-0.39, 0.29) is 5.82 Å². The molecule has 1 saturated carbocycles. The molecule has 5 nitrogen and oxygen atoms in total. The van der Waals surface area contributed by atoms with Gasteiger partial charge in [0.05, 0.1) is 11.9 Å². The molecule has 0 atom stereocenters. The highest BCUT2D eigenvalue weighted by Gasteiger charge is 2.18. The topological polar surface area (TPSA) is 79.6 Å². The van der Waals surface area contributed by atoms with Crippen LogP contribution in [0.5, 0.6) is 0 Å². The number of nitrogens with zero attached hydrogens (tertiary/aromatic N) is 2. The lowest BCUT2D eigenvalue weighted by atomic mass is 9.87. The van der Waals surface area contributed by atoms with Gasteiger partial charge in [0, 0.05) is 58.0 Å². The lowest BCUT2D eigenvalue weighted by Crippen LogP contribution is -2.14. The summed E-state index contributed by atoms with van der Waals surface area (Å²) in [7, 11) is 0. The number of aromatic amines is 1. The van der Waals surface area contributed by atoms with Crippen molar-refractivity contribution in [2.75, 3.05) is 11.1 Å². The molecule has 0 spiro atoms. The first-order valence-corrected chi connectivity index (χ1v) is 11.8. The molecule has 0 radical (unpaired) electrons. The molecule has 0 unspecified atom stereocenters. The maximum Gasteiger partial charge on any atom is 0.137 e. The summed E-state index contributed by atoms with van der Waals surface area (Å²) in [5.41, 5.74) is 11.7. The highest BCUT2D eigenvalue weighted by molar-refractivity contribution is 5.77. The number of nitrogens with two attached hydrogens (primary N) is 1. The fourth-order valence-electron chi connectivity index (χ4n) is 4.73. The number of benzene rings is 1. The van der Waals surface area contributed by atoms with Crippen LogP contribution in [0, 0.1) is 24.6 Å². The van der Waals surface area contributed by atoms with Crippen LogP contribution in [0.4, 0.5) is 15.8 Å². The molecule has 5 rings (SSSR count). The molecule has 35 heavy (non-hydrogen) atoms. The lowest BCUT2D eigenvalue weighted by Gasteiger charge is -2.24. The Balaban J connectivity index is 0.00000141. The van der Waals surface area contributed by atoms with Crippen molar-refractivity contribution in [1.29, 1.82) is 0 Å². The van der Waals surface area contributed by atoms with Crippen LogP contribution in [0.2, 0.25) is 0 Å². The Kier molecular flexibility index (Phi) is 7.47. The van der Waals surface area contributed by atoms with Crippen molar-refractivity contribution in [2.24, 2.45) is 5.92 Å². The largest absolute Gasteiger partial charge is 0.398 e. The van der Waals surface area contributed by atoms with E-state index >= 15 is 4.39 Å². The Morgan fingerprint density at radius 2 is 1.94 bits per heavy atom. The van der Waals surface area contributed by atoms with Gasteiger partial charge in [0.1, 0.15) is 11.5 Å². The van der Waals surface area contributed by atoms with Crippen molar-refractivity contribution < 1.29 is 4.39 Å². The first-order chi connectivity index (χ1) is 17.1. The number of nitrogens with one attached hydrogen (secondary N) is 2. The number of H-pyrrole nitrogens is 1. The van der Waals surface area contributed by atoms with Crippen molar-refractivity contribution in [3.8, 4) is 24.0 Å². The minimum atomic E-state index is -0.327. The second kappa shape index (κ2) is 10.9. The first-order valence-electron chi connectivity index (χ1n) is 11.8. The highest BCUT2D eigenvalue weighted by Crippen LogP contribution is 2.33. The van der Waals surface area contributed by atoms with Crippen molar-refractivity contribution in [1.82, 2.24) is 15.0 Å². The van der Waals surface area contributed by atoms with Crippen molar-refractivity contribution in [3.63, 3.8) is 0 Å². The average molecular weight is 468 g/mol. The van der Waals surface area contributed by atoms with Gasteiger partial charge in [-0.05, 0) is 55.2 Å². The fourth-order valence-corrected chi connectivity index (χ4v) is 4.73. The zero-order valence-corrected chi connectivity index (χ0v) is 19.7. The van der Waals surface area contributed by atoms with Gasteiger partial charge in [-0.3, -0.25) is 4.98 Å². The Morgan fingerprint density at radius 3 is 2.71 bits per heavy atom. The summed E-state index contributed by atoms with van der Waals surface area (Å²) in [6.45, 7) is 4.25. The zero-order chi connectivity index (χ0) is 24.8. The van der Waals surface area contributed by atoms with Crippen LogP contribution < -0.4 is 11.1 Å². The van der Waals surface area contributed by atoms with Gasteiger partial charge in [0.2, 0.25) is 0 Å². The van der Waals surface area contributed by atoms with Crippen molar-refractivity contribution >= 4 is 22.4 Å². The number of anilines is 2. The summed E-state index contributed by atoms with van der Waals surface area (Å²) in [5, 5.41) is 4.40. The molecule has 3 aromatic heterocycles. The van der Waals surface area contributed by atoms with Gasteiger partial charge in [0.15, 0.2) is 0 Å². The van der Waals surface area contributed by atoms with Crippen LogP contribution in [-0.4, -0.2) is 15.0 Å². The van der Waals surface area contributed by atoms with Gasteiger partial charge in [-0.25, -0.2) is 9.37 Å². The van der Waals surface area contributed by atoms with E-state index in [0.29, 0.717) is 34.7 Å². The number of aromatic nitrogens is 3. The minimum Gasteiger partial charge on any atom is -0.398 e. The van der Waals surface area contributed by atoms with Gasteiger partial charge in [0.25, 0.3) is 0 Å². The zero-order valence-electron chi connectivity index (χ0n) is 19.7. The fraction of sp³-hybridized carbons (Fsp3) is 0.241. The second-order valence-corrected chi connectivity index (χ2v) is 8.85. The Hall–Kier alpha value is -4.11. The van der Waals surface area contributed by atoms with E-state index in [1.54, 1.807) is 30.7 Å². The Bertz CT molecular complexity index is 1310. The monoisotopic (exact) mass is 467 g/mol. The third kappa shape index (κ3) is 5.36. The summed E-state index contributed by atoms with van der Waals surface area (Å²) >= 11 is 0. The van der Waals surface area contributed by atoms with E-state index in [9.17, 15) is 0 Å². The second-order valence-electron chi connectivity index (χ2n) is 8.85. The van der Waals surface area contributed by atoms with Crippen LogP contribution in [0.3, 0.4) is 0 Å². The summed E-state index contributed by atoms with van der Waals surface area (Å²) in [5.74, 6) is 0.153. The molecular formula is C29H30FN5. The van der Waals surface area contributed by atoms with E-state index in [2.05, 4.69) is 39.7 Å². The molecular weight excluding hydrogens is 437 g/mol. The van der Waals surface area contributed by atoms with Gasteiger partial charge in [-0.15, -0.1) is 12.8 Å². The predicted molar refractivity (Wildman–Crippen MR) is 142 cm³/mol. The molecule has 1 fully saturated rings. The lowest BCUT2D eigenvalue weighted by molar-refractivity contribution is 0.405. The summed E-state index contributed by atoms with van der Waals surface area (Å²) in [6, 6.07) is 11.2. The quantitative estimate of drug-likeness (QED) is 0.218. The number of terminal acetylenes is 1. The van der Waals surface area contributed by atoms with Crippen molar-refractivity contribution in [3.05, 3.63) is 84.3 Å². The van der Waals surface area contributed by atoms with E-state index in [4.69, 9.17) is 5.73 Å². The highest BCUT2D eigenvalue weighted by atomic mass is 19.1. The molecule has 0 aliphatic heterocycles. The Morgan fingerprint density at radius 1 is 1.14 bits per heavy atom. The smallest absolute Gasteiger partial charge is 0.137 e. The molecule has 0 bridgehead atoms. The van der Waals surface area contributed by atoms with Crippen LogP contribution in [0.25, 0.3) is 22.2 Å². The standard InChI is InChI=1S/C27H28FN5.C2H2/c1-17(18-6-3-2-4-7-18)32-22-13-20(15-30-16-22)23-9-10-25(29)24(26(23)28)14-21-12-19-8-5-11-31-27(19)33-21;1-2/h5,8-13,15-16,18,32H,1-4,6-7,14,29H2,(H,31,33);1-2H. The molecule has 0 saturated heterocycles. The maximum atomic E-state index is 15.7. The van der Waals surface area contributed by atoms with E-state index in [1.165, 1.54) is 19.3 Å². The van der Waals surface area contributed by atoms with E-state index in [1.807, 2.05) is 24.3 Å². The maximum absolute atomic E-state index is 15.7. The number of pyridine rings is 2.